The minimum Gasteiger partial charge on any atom is -0.462 e. The van der Waals surface area contributed by atoms with Gasteiger partial charge in [0.2, 0.25) is 0 Å². The van der Waals surface area contributed by atoms with E-state index in [1.807, 2.05) is 36.8 Å². The number of esters is 1. The Morgan fingerprint density at radius 3 is 2.04 bits per heavy atom. The lowest BCUT2D eigenvalue weighted by atomic mass is 10.1. The topological polar surface area (TPSA) is 26.3 Å². The van der Waals surface area contributed by atoms with Crippen LogP contribution in [0.2, 0.25) is 0 Å². The van der Waals surface area contributed by atoms with Crippen molar-refractivity contribution < 1.29 is 9.53 Å². The van der Waals surface area contributed by atoms with Gasteiger partial charge in [0.05, 0.1) is 12.2 Å². The van der Waals surface area contributed by atoms with Crippen LogP contribution in [-0.2, 0) is 4.74 Å². The molecule has 132 valence electrons. The van der Waals surface area contributed by atoms with E-state index in [4.69, 9.17) is 4.74 Å². The number of hydrogen-bond donors (Lipinski definition) is 0. The van der Waals surface area contributed by atoms with Crippen molar-refractivity contribution in [3.8, 4) is 0 Å². The van der Waals surface area contributed by atoms with Crippen molar-refractivity contribution in [1.82, 2.24) is 0 Å². The number of carbonyl (C=O) groups is 1. The lowest BCUT2D eigenvalue weighted by Gasteiger charge is -2.50. The molecule has 2 nitrogen and oxygen atoms in total. The molecule has 0 aliphatic heterocycles. The molecule has 0 amide bonds. The van der Waals surface area contributed by atoms with E-state index in [-0.39, 0.29) is 5.97 Å². The van der Waals surface area contributed by atoms with Crippen molar-refractivity contribution in [2.24, 2.45) is 0 Å². The van der Waals surface area contributed by atoms with Gasteiger partial charge in [-0.3, -0.25) is 0 Å². The number of hydrogen-bond acceptors (Lipinski definition) is 3. The van der Waals surface area contributed by atoms with E-state index in [0.29, 0.717) is 27.9 Å². The maximum Gasteiger partial charge on any atom is 0.338 e. The summed E-state index contributed by atoms with van der Waals surface area (Å²) in [5.41, 5.74) is 1.75. The Morgan fingerprint density at radius 2 is 1.61 bits per heavy atom. The maximum atomic E-state index is 12.2. The van der Waals surface area contributed by atoms with Crippen LogP contribution in [0.5, 0.6) is 0 Å². The van der Waals surface area contributed by atoms with Crippen molar-refractivity contribution in [1.29, 1.82) is 0 Å². The average Bonchev–Trinajstić information content (AvgIpc) is 2.45. The van der Waals surface area contributed by atoms with Gasteiger partial charge in [0.25, 0.3) is 0 Å². The van der Waals surface area contributed by atoms with E-state index in [2.05, 4.69) is 47.6 Å². The highest BCUT2D eigenvalue weighted by Gasteiger charge is 2.36. The normalized spacial score (nSPS) is 13.0. The zero-order valence-electron chi connectivity index (χ0n) is 15.8. The van der Waals surface area contributed by atoms with Gasteiger partial charge in [-0.2, -0.15) is 9.06 Å². The number of benzene rings is 1. The van der Waals surface area contributed by atoms with Gasteiger partial charge in [-0.05, 0) is 47.3 Å². The van der Waals surface area contributed by atoms with Crippen molar-refractivity contribution >= 4 is 25.8 Å². The van der Waals surface area contributed by atoms with Crippen LogP contribution in [0.3, 0.4) is 0 Å². The van der Waals surface area contributed by atoms with Crippen LogP contribution in [0.15, 0.2) is 23.1 Å². The molecule has 0 atom stereocenters. The molecule has 1 aromatic carbocycles. The van der Waals surface area contributed by atoms with Crippen molar-refractivity contribution in [2.45, 2.75) is 76.0 Å². The highest BCUT2D eigenvalue weighted by atomic mass is 33.2. The summed E-state index contributed by atoms with van der Waals surface area (Å²) < 4.78 is 5.19. The van der Waals surface area contributed by atoms with Crippen molar-refractivity contribution in [3.63, 3.8) is 0 Å². The van der Waals surface area contributed by atoms with Crippen LogP contribution in [0.4, 0.5) is 0 Å². The molecule has 23 heavy (non-hydrogen) atoms. The van der Waals surface area contributed by atoms with E-state index < -0.39 is 9.06 Å². The first-order valence-electron chi connectivity index (χ1n) is 8.44. The number of ether oxygens (including phenoxy) is 1. The largest absolute Gasteiger partial charge is 0.462 e. The molecule has 0 N–H and O–H groups in total. The van der Waals surface area contributed by atoms with Crippen molar-refractivity contribution in [2.75, 3.05) is 6.61 Å². The summed E-state index contributed by atoms with van der Waals surface area (Å²) in [6.07, 6.45) is 0. The van der Waals surface area contributed by atoms with Gasteiger partial charge in [-0.1, -0.05) is 58.4 Å². The molecule has 0 heterocycles. The summed E-state index contributed by atoms with van der Waals surface area (Å²) in [4.78, 5) is 13.4. The molecule has 0 spiro atoms. The van der Waals surface area contributed by atoms with Crippen LogP contribution >= 0.6 is 19.9 Å². The summed E-state index contributed by atoms with van der Waals surface area (Å²) in [5.74, 6) is -0.216. The molecule has 0 radical (unpaired) electrons. The lowest BCUT2D eigenvalue weighted by Crippen LogP contribution is -2.25. The monoisotopic (exact) mass is 356 g/mol. The first-order valence-corrected chi connectivity index (χ1v) is 11.6. The third-order valence-electron chi connectivity index (χ3n) is 4.22. The minimum atomic E-state index is -0.912. The lowest BCUT2D eigenvalue weighted by molar-refractivity contribution is 0.0525. The van der Waals surface area contributed by atoms with Gasteiger partial charge in [0.1, 0.15) is 0 Å². The quantitative estimate of drug-likeness (QED) is 0.429. The van der Waals surface area contributed by atoms with Gasteiger partial charge < -0.3 is 4.74 Å². The Bertz CT molecular complexity index is 514. The van der Waals surface area contributed by atoms with Gasteiger partial charge >= 0.3 is 5.97 Å². The van der Waals surface area contributed by atoms with Gasteiger partial charge in [-0.25, -0.2) is 4.79 Å². The Hall–Kier alpha value is -0.610. The first kappa shape index (κ1) is 20.4. The Kier molecular flexibility index (Phi) is 7.53. The van der Waals surface area contributed by atoms with E-state index in [9.17, 15) is 4.79 Å². The van der Waals surface area contributed by atoms with E-state index in [1.54, 1.807) is 0 Å². The Morgan fingerprint density at radius 1 is 1.09 bits per heavy atom. The van der Waals surface area contributed by atoms with Crippen LogP contribution in [0.25, 0.3) is 0 Å². The van der Waals surface area contributed by atoms with Gasteiger partial charge in [0.15, 0.2) is 0 Å². The second-order valence-corrected chi connectivity index (χ2v) is 13.6. The molecule has 0 saturated heterocycles. The maximum absolute atomic E-state index is 12.2. The second kappa shape index (κ2) is 8.48. The molecule has 0 bridgehead atoms. The zero-order valence-corrected chi connectivity index (χ0v) is 17.4. The number of carbonyl (C=O) groups excluding carboxylic acids is 1. The van der Waals surface area contributed by atoms with Gasteiger partial charge in [-0.15, -0.1) is 0 Å². The predicted octanol–water partition coefficient (Wildman–Crippen LogP) is 6.21. The summed E-state index contributed by atoms with van der Waals surface area (Å²) in [6, 6.07) is 6.00. The fourth-order valence-corrected chi connectivity index (χ4v) is 10.9. The third kappa shape index (κ3) is 4.27. The molecule has 0 saturated carbocycles. The van der Waals surface area contributed by atoms with Gasteiger partial charge in [0, 0.05) is 4.90 Å². The first-order chi connectivity index (χ1) is 10.7. The van der Waals surface area contributed by atoms with E-state index >= 15 is 0 Å². The van der Waals surface area contributed by atoms with Crippen molar-refractivity contribution in [3.05, 3.63) is 29.3 Å². The summed E-state index contributed by atoms with van der Waals surface area (Å²) in [7, 11) is 1.10. The van der Waals surface area contributed by atoms with Crippen LogP contribution in [-0.4, -0.2) is 28.3 Å². The fourth-order valence-electron chi connectivity index (χ4n) is 3.21. The molecular weight excluding hydrogens is 324 g/mol. The summed E-state index contributed by atoms with van der Waals surface area (Å²) >= 11 is 0. The molecule has 0 aliphatic carbocycles. The standard InChI is InChI=1S/C19H32O2S2/c1-9-21-19(20)17-11-10-12-18(16(17)8)22-23(13(2)3,14(4)5)15(6)7/h10-15H,9H2,1-8H3. The predicted molar refractivity (Wildman–Crippen MR) is 106 cm³/mol. The van der Waals surface area contributed by atoms with Crippen LogP contribution in [0, 0.1) is 6.92 Å². The smallest absolute Gasteiger partial charge is 0.338 e. The Labute approximate surface area is 147 Å². The number of rotatable bonds is 7. The zero-order chi connectivity index (χ0) is 17.8. The van der Waals surface area contributed by atoms with Crippen LogP contribution in [0.1, 0.15) is 64.4 Å². The fraction of sp³-hybridized carbons (Fsp3) is 0.632. The third-order valence-corrected chi connectivity index (χ3v) is 14.4. The Balaban J connectivity index is 3.30. The molecule has 0 fully saturated rings. The molecule has 0 aromatic heterocycles. The SMILES string of the molecule is CCOC(=O)c1cccc(SS(C(C)C)(C(C)C)C(C)C)c1C. The summed E-state index contributed by atoms with van der Waals surface area (Å²) in [6.45, 7) is 18.3. The van der Waals surface area contributed by atoms with E-state index in [1.165, 1.54) is 4.90 Å². The molecule has 0 unspecified atom stereocenters. The highest BCUT2D eigenvalue weighted by molar-refractivity contribution is 8.94. The molecular formula is C19H32O2S2. The molecule has 1 rings (SSSR count). The second-order valence-electron chi connectivity index (χ2n) is 6.58. The molecule has 0 aliphatic rings. The van der Waals surface area contributed by atoms with E-state index in [0.717, 1.165) is 5.56 Å². The minimum absolute atomic E-state index is 0.216. The average molecular weight is 357 g/mol. The summed E-state index contributed by atoms with van der Waals surface area (Å²) in [5, 5.41) is 1.87. The molecule has 1 aromatic rings. The highest BCUT2D eigenvalue weighted by Crippen LogP contribution is 2.72. The van der Waals surface area contributed by atoms with Crippen LogP contribution < -0.4 is 0 Å². The molecule has 4 heteroatoms.